The number of fused-ring (bicyclic) bond motifs is 1. The monoisotopic (exact) mass is 766 g/mol. The van der Waals surface area contributed by atoms with Crippen LogP contribution in [0.4, 0.5) is 4.79 Å². The molecule has 0 aliphatic carbocycles. The second-order valence-corrected chi connectivity index (χ2v) is 12.8. The fraction of sp³-hybridized carbons (Fsp3) is 0.179. The maximum absolute atomic E-state index is 13.1. The number of benzene rings is 3. The molecular formula is C28H21Br2IN2O4S. The third-order valence-corrected chi connectivity index (χ3v) is 9.07. The van der Waals surface area contributed by atoms with Crippen molar-refractivity contribution in [3.8, 4) is 5.75 Å². The maximum atomic E-state index is 13.1. The number of ether oxygens (including phenoxy) is 1. The number of imide groups is 1. The van der Waals surface area contributed by atoms with Crippen molar-refractivity contribution in [2.45, 2.75) is 19.6 Å². The molecule has 0 aromatic heterocycles. The van der Waals surface area contributed by atoms with Crippen molar-refractivity contribution >= 4 is 89.3 Å². The van der Waals surface area contributed by atoms with E-state index in [0.29, 0.717) is 34.4 Å². The predicted molar refractivity (Wildman–Crippen MR) is 164 cm³/mol. The van der Waals surface area contributed by atoms with E-state index in [9.17, 15) is 14.4 Å². The Hall–Kier alpha value is -2.15. The molecule has 0 radical (unpaired) electrons. The number of hydrogen-bond acceptors (Lipinski definition) is 5. The summed E-state index contributed by atoms with van der Waals surface area (Å²) in [7, 11) is 0. The number of halogens is 3. The van der Waals surface area contributed by atoms with E-state index in [0.717, 1.165) is 43.3 Å². The first-order valence-corrected chi connectivity index (χ1v) is 15.2. The summed E-state index contributed by atoms with van der Waals surface area (Å²) in [6, 6.07) is 19.8. The molecule has 0 saturated carbocycles. The first-order valence-electron chi connectivity index (χ1n) is 11.7. The highest BCUT2D eigenvalue weighted by atomic mass is 127. The lowest BCUT2D eigenvalue weighted by atomic mass is 10.00. The summed E-state index contributed by atoms with van der Waals surface area (Å²) in [4.78, 5) is 41.7. The van der Waals surface area contributed by atoms with Crippen molar-refractivity contribution in [2.24, 2.45) is 0 Å². The molecular weight excluding hydrogens is 747 g/mol. The van der Waals surface area contributed by atoms with Gasteiger partial charge in [-0.3, -0.25) is 19.3 Å². The van der Waals surface area contributed by atoms with Gasteiger partial charge in [-0.1, -0.05) is 36.4 Å². The minimum atomic E-state index is -0.461. The molecule has 2 aliphatic heterocycles. The van der Waals surface area contributed by atoms with Crippen LogP contribution >= 0.6 is 66.2 Å². The lowest BCUT2D eigenvalue weighted by Crippen LogP contribution is -2.44. The van der Waals surface area contributed by atoms with Gasteiger partial charge in [0, 0.05) is 16.7 Å². The number of thioether (sulfide) groups is 1. The van der Waals surface area contributed by atoms with Gasteiger partial charge in [0.05, 0.1) is 13.9 Å². The van der Waals surface area contributed by atoms with Gasteiger partial charge < -0.3 is 9.64 Å². The van der Waals surface area contributed by atoms with Crippen LogP contribution in [0.1, 0.15) is 22.3 Å². The fourth-order valence-electron chi connectivity index (χ4n) is 4.27. The van der Waals surface area contributed by atoms with Gasteiger partial charge in [0.15, 0.2) is 0 Å². The van der Waals surface area contributed by atoms with E-state index in [1.54, 1.807) is 11.0 Å². The number of rotatable bonds is 6. The van der Waals surface area contributed by atoms with E-state index >= 15 is 0 Å². The third kappa shape index (κ3) is 6.19. The molecule has 2 heterocycles. The zero-order valence-corrected chi connectivity index (χ0v) is 26.1. The SMILES string of the molecule is O=C(CN1C(=O)S/C(=C\c2cc(Br)c(OCc3ccc(I)cc3)c(Br)c2)C1=O)N1CCc2ccccc2C1. The quantitative estimate of drug-likeness (QED) is 0.200. The van der Waals surface area contributed by atoms with Crippen molar-refractivity contribution in [3.63, 3.8) is 0 Å². The van der Waals surface area contributed by atoms with Gasteiger partial charge in [0.1, 0.15) is 18.9 Å². The molecule has 1 fully saturated rings. The van der Waals surface area contributed by atoms with Crippen LogP contribution in [-0.4, -0.2) is 39.9 Å². The Morgan fingerprint density at radius 2 is 1.71 bits per heavy atom. The summed E-state index contributed by atoms with van der Waals surface area (Å²) in [5.74, 6) is -0.0530. The summed E-state index contributed by atoms with van der Waals surface area (Å²) in [6.45, 7) is 1.20. The lowest BCUT2D eigenvalue weighted by Gasteiger charge is -2.29. The Kier molecular flexibility index (Phi) is 8.61. The molecule has 5 rings (SSSR count). The largest absolute Gasteiger partial charge is 0.487 e. The second-order valence-electron chi connectivity index (χ2n) is 8.83. The number of hydrogen-bond donors (Lipinski definition) is 0. The van der Waals surface area contributed by atoms with Gasteiger partial charge in [-0.05, 0) is 125 Å². The minimum Gasteiger partial charge on any atom is -0.487 e. The van der Waals surface area contributed by atoms with Crippen LogP contribution < -0.4 is 4.74 Å². The standard InChI is InChI=1S/C28H21Br2IN2O4S/c29-22-11-18(12-23(30)26(22)37-16-17-5-7-21(31)8-6-17)13-24-27(35)33(28(36)38-24)15-25(34)32-10-9-19-3-1-2-4-20(19)14-32/h1-8,11-13H,9-10,14-16H2/b24-13-. The van der Waals surface area contributed by atoms with Crippen LogP contribution in [0.3, 0.4) is 0 Å². The lowest BCUT2D eigenvalue weighted by molar-refractivity contribution is -0.136. The van der Waals surface area contributed by atoms with Crippen LogP contribution in [0.15, 0.2) is 74.5 Å². The van der Waals surface area contributed by atoms with Crippen LogP contribution in [0.25, 0.3) is 6.08 Å². The Morgan fingerprint density at radius 1 is 1.03 bits per heavy atom. The average molecular weight is 768 g/mol. The molecule has 0 unspecified atom stereocenters. The summed E-state index contributed by atoms with van der Waals surface area (Å²) >= 11 is 10.2. The van der Waals surface area contributed by atoms with Crippen molar-refractivity contribution < 1.29 is 19.1 Å². The maximum Gasteiger partial charge on any atom is 0.294 e. The van der Waals surface area contributed by atoms with E-state index in [2.05, 4.69) is 60.5 Å². The van der Waals surface area contributed by atoms with E-state index in [4.69, 9.17) is 4.74 Å². The van der Waals surface area contributed by atoms with Crippen LogP contribution in [0, 0.1) is 3.57 Å². The third-order valence-electron chi connectivity index (χ3n) is 6.27. The summed E-state index contributed by atoms with van der Waals surface area (Å²) in [5, 5.41) is -0.442. The summed E-state index contributed by atoms with van der Waals surface area (Å²) in [6.07, 6.45) is 2.42. The number of amides is 3. The molecule has 3 aromatic carbocycles. The van der Waals surface area contributed by atoms with Crippen molar-refractivity contribution in [1.82, 2.24) is 9.80 Å². The molecule has 3 aromatic rings. The smallest absolute Gasteiger partial charge is 0.294 e. The van der Waals surface area contributed by atoms with E-state index in [-0.39, 0.29) is 17.4 Å². The van der Waals surface area contributed by atoms with Crippen molar-refractivity contribution in [1.29, 1.82) is 0 Å². The van der Waals surface area contributed by atoms with Crippen molar-refractivity contribution in [3.05, 3.63) is 100 Å². The second kappa shape index (κ2) is 11.9. The molecule has 194 valence electrons. The predicted octanol–water partition coefficient (Wildman–Crippen LogP) is 7.02. The molecule has 6 nitrogen and oxygen atoms in total. The zero-order valence-electron chi connectivity index (χ0n) is 20.0. The van der Waals surface area contributed by atoms with Crippen LogP contribution in [0.2, 0.25) is 0 Å². The highest BCUT2D eigenvalue weighted by Gasteiger charge is 2.37. The first-order chi connectivity index (χ1) is 18.3. The molecule has 0 spiro atoms. The Bertz CT molecular complexity index is 1440. The van der Waals surface area contributed by atoms with Gasteiger partial charge in [-0.15, -0.1) is 0 Å². The van der Waals surface area contributed by atoms with Crippen LogP contribution in [-0.2, 0) is 29.2 Å². The molecule has 1 saturated heterocycles. The molecule has 0 bridgehead atoms. The topological polar surface area (TPSA) is 66.9 Å². The molecule has 2 aliphatic rings. The number of nitrogens with zero attached hydrogens (tertiary/aromatic N) is 2. The van der Waals surface area contributed by atoms with E-state index in [1.165, 1.54) is 5.56 Å². The zero-order chi connectivity index (χ0) is 26.8. The van der Waals surface area contributed by atoms with Gasteiger partial charge in [-0.2, -0.15) is 0 Å². The Balaban J connectivity index is 1.25. The summed E-state index contributed by atoms with van der Waals surface area (Å²) in [5.41, 5.74) is 4.10. The fourth-order valence-corrected chi connectivity index (χ4v) is 6.92. The van der Waals surface area contributed by atoms with E-state index in [1.807, 2.05) is 54.6 Å². The molecule has 3 amide bonds. The molecule has 38 heavy (non-hydrogen) atoms. The van der Waals surface area contributed by atoms with Gasteiger partial charge in [0.2, 0.25) is 5.91 Å². The molecule has 10 heteroatoms. The normalized spacial score (nSPS) is 16.2. The Labute approximate surface area is 255 Å². The minimum absolute atomic E-state index is 0.233. The van der Waals surface area contributed by atoms with Crippen molar-refractivity contribution in [2.75, 3.05) is 13.1 Å². The highest BCUT2D eigenvalue weighted by molar-refractivity contribution is 14.1. The van der Waals surface area contributed by atoms with Gasteiger partial charge >= 0.3 is 0 Å². The Morgan fingerprint density at radius 3 is 2.42 bits per heavy atom. The van der Waals surface area contributed by atoms with Crippen LogP contribution in [0.5, 0.6) is 5.75 Å². The van der Waals surface area contributed by atoms with Gasteiger partial charge in [0.25, 0.3) is 11.1 Å². The average Bonchev–Trinajstić information content (AvgIpc) is 3.16. The first kappa shape index (κ1) is 27.4. The molecule has 0 N–H and O–H groups in total. The number of carbonyl (C=O) groups excluding carboxylic acids is 3. The van der Waals surface area contributed by atoms with Gasteiger partial charge in [-0.25, -0.2) is 0 Å². The van der Waals surface area contributed by atoms with E-state index < -0.39 is 11.1 Å². The summed E-state index contributed by atoms with van der Waals surface area (Å²) < 4.78 is 8.58. The number of carbonyl (C=O) groups is 3. The highest BCUT2D eigenvalue weighted by Crippen LogP contribution is 2.38. The molecule has 0 atom stereocenters.